The zero-order valence-electron chi connectivity index (χ0n) is 10.8. The second kappa shape index (κ2) is 5.16. The van der Waals surface area contributed by atoms with E-state index in [1.807, 2.05) is 0 Å². The van der Waals surface area contributed by atoms with E-state index in [4.69, 9.17) is 9.47 Å². The fraction of sp³-hybridized carbons (Fsp3) is 0.571. The molecule has 1 fully saturated rings. The van der Waals surface area contributed by atoms with Crippen molar-refractivity contribution in [2.75, 3.05) is 44.8 Å². The molecule has 2 heterocycles. The van der Waals surface area contributed by atoms with E-state index in [2.05, 4.69) is 35.5 Å². The summed E-state index contributed by atoms with van der Waals surface area (Å²) in [4.78, 5) is 2.26. The first-order chi connectivity index (χ1) is 8.83. The average Bonchev–Trinajstić information content (AvgIpc) is 2.87. The first-order valence-corrected chi connectivity index (χ1v) is 6.62. The number of anilines is 1. The number of fused-ring (bicyclic) bond motifs is 1. The van der Waals surface area contributed by atoms with Crippen molar-refractivity contribution in [3.63, 3.8) is 0 Å². The normalized spacial score (nSPS) is 22.4. The molecule has 0 amide bonds. The Kier molecular flexibility index (Phi) is 3.39. The summed E-state index contributed by atoms with van der Waals surface area (Å²) < 4.78 is 11.3. The minimum atomic E-state index is 0.285. The van der Waals surface area contributed by atoms with Crippen molar-refractivity contribution < 1.29 is 9.47 Å². The van der Waals surface area contributed by atoms with Gasteiger partial charge in [-0.25, -0.2) is 0 Å². The molecule has 0 bridgehead atoms. The molecule has 1 N–H and O–H groups in total. The van der Waals surface area contributed by atoms with Crippen molar-refractivity contribution in [2.45, 2.75) is 12.5 Å². The van der Waals surface area contributed by atoms with Gasteiger partial charge in [0.1, 0.15) is 5.75 Å². The summed E-state index contributed by atoms with van der Waals surface area (Å²) in [5.74, 6) is 1.04. The molecule has 1 aromatic carbocycles. The highest BCUT2D eigenvalue weighted by Crippen LogP contribution is 2.29. The summed E-state index contributed by atoms with van der Waals surface area (Å²) in [6.07, 6.45) is 1.31. The summed E-state index contributed by atoms with van der Waals surface area (Å²) in [6, 6.07) is 6.44. The lowest BCUT2D eigenvalue weighted by atomic mass is 10.1. The first kappa shape index (κ1) is 11.8. The summed E-state index contributed by atoms with van der Waals surface area (Å²) >= 11 is 0. The molecule has 1 aromatic rings. The summed E-state index contributed by atoms with van der Waals surface area (Å²) in [6.45, 7) is 4.47. The van der Waals surface area contributed by atoms with E-state index in [0.29, 0.717) is 0 Å². The van der Waals surface area contributed by atoms with Gasteiger partial charge in [-0.05, 0) is 23.8 Å². The summed E-state index contributed by atoms with van der Waals surface area (Å²) in [5, 5.41) is 3.36. The Bertz CT molecular complexity index is 416. The van der Waals surface area contributed by atoms with Gasteiger partial charge in [-0.15, -0.1) is 0 Å². The Morgan fingerprint density at radius 2 is 2.33 bits per heavy atom. The van der Waals surface area contributed by atoms with Crippen LogP contribution in [0.25, 0.3) is 0 Å². The molecule has 0 aliphatic carbocycles. The van der Waals surface area contributed by atoms with Crippen molar-refractivity contribution in [1.82, 2.24) is 5.32 Å². The van der Waals surface area contributed by atoms with Gasteiger partial charge in [0.2, 0.25) is 0 Å². The predicted octanol–water partition coefficient (Wildman–Crippen LogP) is 1.05. The van der Waals surface area contributed by atoms with Crippen LogP contribution in [0.3, 0.4) is 0 Å². The first-order valence-electron chi connectivity index (χ1n) is 6.62. The van der Waals surface area contributed by atoms with E-state index in [9.17, 15) is 0 Å². The fourth-order valence-corrected chi connectivity index (χ4v) is 2.56. The van der Waals surface area contributed by atoms with Crippen molar-refractivity contribution in [1.29, 1.82) is 0 Å². The molecule has 4 nitrogen and oxygen atoms in total. The number of likely N-dealkylation sites (N-methyl/N-ethyl adjacent to an activating group) is 1. The van der Waals surface area contributed by atoms with Gasteiger partial charge in [0.15, 0.2) is 0 Å². The van der Waals surface area contributed by atoms with Crippen LogP contribution in [0, 0.1) is 0 Å². The Hall–Kier alpha value is -1.26. The maximum absolute atomic E-state index is 5.73. The zero-order chi connectivity index (χ0) is 12.4. The molecule has 1 unspecified atom stereocenters. The summed E-state index contributed by atoms with van der Waals surface area (Å²) in [7, 11) is 2.12. The predicted molar refractivity (Wildman–Crippen MR) is 71.5 cm³/mol. The number of morpholine rings is 1. The van der Waals surface area contributed by atoms with Gasteiger partial charge in [-0.3, -0.25) is 0 Å². The Morgan fingerprint density at radius 3 is 3.17 bits per heavy atom. The highest BCUT2D eigenvalue weighted by atomic mass is 16.5. The van der Waals surface area contributed by atoms with E-state index in [0.717, 1.165) is 45.0 Å². The standard InChI is InChI=1S/C14H20N2O2/c1-16(10-13-9-15-5-7-17-13)12-2-3-14-11(8-12)4-6-18-14/h2-3,8,13,15H,4-7,9-10H2,1H3. The number of hydrogen-bond acceptors (Lipinski definition) is 4. The molecule has 0 spiro atoms. The van der Waals surface area contributed by atoms with Gasteiger partial charge in [-0.2, -0.15) is 0 Å². The van der Waals surface area contributed by atoms with Crippen LogP contribution in [0.2, 0.25) is 0 Å². The Balaban J connectivity index is 1.66. The van der Waals surface area contributed by atoms with Crippen molar-refractivity contribution in [3.8, 4) is 5.75 Å². The van der Waals surface area contributed by atoms with Gasteiger partial charge in [0.25, 0.3) is 0 Å². The topological polar surface area (TPSA) is 33.7 Å². The van der Waals surface area contributed by atoms with Crippen LogP contribution in [0.5, 0.6) is 5.75 Å². The highest BCUT2D eigenvalue weighted by Gasteiger charge is 2.17. The minimum Gasteiger partial charge on any atom is -0.493 e. The van der Waals surface area contributed by atoms with Gasteiger partial charge in [0.05, 0.1) is 19.3 Å². The quantitative estimate of drug-likeness (QED) is 0.867. The van der Waals surface area contributed by atoms with Crippen LogP contribution in [0.1, 0.15) is 5.56 Å². The monoisotopic (exact) mass is 248 g/mol. The molecular weight excluding hydrogens is 228 g/mol. The zero-order valence-corrected chi connectivity index (χ0v) is 10.8. The maximum atomic E-state index is 5.73. The smallest absolute Gasteiger partial charge is 0.122 e. The lowest BCUT2D eigenvalue weighted by Crippen LogP contribution is -2.44. The SMILES string of the molecule is CN(CC1CNCCO1)c1ccc2c(c1)CCO2. The molecule has 2 aliphatic heterocycles. The van der Waals surface area contributed by atoms with Crippen LogP contribution < -0.4 is 15.0 Å². The molecule has 0 aromatic heterocycles. The minimum absolute atomic E-state index is 0.285. The van der Waals surface area contributed by atoms with Crippen LogP contribution in [0.15, 0.2) is 18.2 Å². The molecule has 1 atom stereocenters. The van der Waals surface area contributed by atoms with Gasteiger partial charge in [0, 0.05) is 38.8 Å². The van der Waals surface area contributed by atoms with E-state index >= 15 is 0 Å². The van der Waals surface area contributed by atoms with E-state index in [-0.39, 0.29) is 6.10 Å². The van der Waals surface area contributed by atoms with Crippen molar-refractivity contribution in [3.05, 3.63) is 23.8 Å². The van der Waals surface area contributed by atoms with Crippen LogP contribution in [0.4, 0.5) is 5.69 Å². The summed E-state index contributed by atoms with van der Waals surface area (Å²) in [5.41, 5.74) is 2.57. The molecule has 2 aliphatic rings. The molecule has 18 heavy (non-hydrogen) atoms. The van der Waals surface area contributed by atoms with E-state index in [1.165, 1.54) is 11.3 Å². The maximum Gasteiger partial charge on any atom is 0.122 e. The van der Waals surface area contributed by atoms with Crippen LogP contribution in [-0.2, 0) is 11.2 Å². The second-order valence-corrected chi connectivity index (χ2v) is 4.97. The van der Waals surface area contributed by atoms with Gasteiger partial charge >= 0.3 is 0 Å². The molecular formula is C14H20N2O2. The molecule has 3 rings (SSSR count). The highest BCUT2D eigenvalue weighted by molar-refractivity contribution is 5.53. The fourth-order valence-electron chi connectivity index (χ4n) is 2.56. The largest absolute Gasteiger partial charge is 0.493 e. The van der Waals surface area contributed by atoms with Crippen LogP contribution in [-0.4, -0.2) is 46.0 Å². The molecule has 98 valence electrons. The number of benzene rings is 1. The van der Waals surface area contributed by atoms with E-state index in [1.54, 1.807) is 0 Å². The number of nitrogens with zero attached hydrogens (tertiary/aromatic N) is 1. The molecule has 4 heteroatoms. The van der Waals surface area contributed by atoms with Crippen molar-refractivity contribution in [2.24, 2.45) is 0 Å². The lowest BCUT2D eigenvalue weighted by Gasteiger charge is -2.29. The van der Waals surface area contributed by atoms with Crippen LogP contribution >= 0.6 is 0 Å². The molecule has 1 saturated heterocycles. The number of ether oxygens (including phenoxy) is 2. The molecule has 0 radical (unpaired) electrons. The third-order valence-electron chi connectivity index (χ3n) is 3.60. The Morgan fingerprint density at radius 1 is 1.39 bits per heavy atom. The van der Waals surface area contributed by atoms with Crippen molar-refractivity contribution >= 4 is 5.69 Å². The molecule has 0 saturated carbocycles. The van der Waals surface area contributed by atoms with E-state index < -0.39 is 0 Å². The lowest BCUT2D eigenvalue weighted by molar-refractivity contribution is 0.0340. The third-order valence-corrected chi connectivity index (χ3v) is 3.60. The number of rotatable bonds is 3. The number of hydrogen-bond donors (Lipinski definition) is 1. The average molecular weight is 248 g/mol. The number of nitrogens with one attached hydrogen (secondary N) is 1. The van der Waals surface area contributed by atoms with Gasteiger partial charge < -0.3 is 19.7 Å². The van der Waals surface area contributed by atoms with Gasteiger partial charge in [-0.1, -0.05) is 0 Å². The third kappa shape index (κ3) is 2.44. The second-order valence-electron chi connectivity index (χ2n) is 4.97. The Labute approximate surface area is 108 Å².